The number of hydrogen-bond acceptors (Lipinski definition) is 3. The lowest BCUT2D eigenvalue weighted by Gasteiger charge is -2.08. The molecule has 110 valence electrons. The molecular weight excluding hydrogens is 283 g/mol. The highest BCUT2D eigenvalue weighted by atomic mass is 19.4. The Balaban J connectivity index is 2.14. The molecule has 0 saturated carbocycles. The van der Waals surface area contributed by atoms with Crippen LogP contribution in [0.3, 0.4) is 0 Å². The van der Waals surface area contributed by atoms with E-state index in [2.05, 4.69) is 10.4 Å². The smallest absolute Gasteiger partial charge is 0.369 e. The summed E-state index contributed by atoms with van der Waals surface area (Å²) >= 11 is 0. The average Bonchev–Trinajstić information content (AvgIpc) is 2.98. The van der Waals surface area contributed by atoms with Crippen LogP contribution in [-0.4, -0.2) is 22.3 Å². The lowest BCUT2D eigenvalue weighted by molar-refractivity contribution is -0.137. The van der Waals surface area contributed by atoms with Gasteiger partial charge in [-0.15, -0.1) is 0 Å². The summed E-state index contributed by atoms with van der Waals surface area (Å²) in [6.45, 7) is 0.645. The molecule has 0 aliphatic carbocycles. The van der Waals surface area contributed by atoms with Gasteiger partial charge < -0.3 is 11.1 Å². The minimum atomic E-state index is -4.40. The zero-order valence-corrected chi connectivity index (χ0v) is 10.8. The van der Waals surface area contributed by atoms with Gasteiger partial charge in [-0.05, 0) is 18.6 Å². The lowest BCUT2D eigenvalue weighted by Crippen LogP contribution is -2.23. The van der Waals surface area contributed by atoms with Crippen molar-refractivity contribution in [2.24, 2.45) is 5.73 Å². The molecule has 0 spiro atoms. The van der Waals surface area contributed by atoms with Crippen molar-refractivity contribution in [2.45, 2.75) is 12.6 Å². The minimum absolute atomic E-state index is 0.279. The topological polar surface area (TPSA) is 79.7 Å². The van der Waals surface area contributed by atoms with Gasteiger partial charge in [0.05, 0.1) is 11.3 Å². The van der Waals surface area contributed by atoms with E-state index in [-0.39, 0.29) is 5.96 Å². The number of aromatic nitrogens is 2. The van der Waals surface area contributed by atoms with Crippen molar-refractivity contribution in [3.8, 4) is 11.3 Å². The van der Waals surface area contributed by atoms with Gasteiger partial charge >= 0.3 is 6.18 Å². The highest BCUT2D eigenvalue weighted by Gasteiger charge is 2.31. The third-order valence-electron chi connectivity index (χ3n) is 3.34. The molecule has 0 saturated heterocycles. The predicted octanol–water partition coefficient (Wildman–Crippen LogP) is 2.28. The van der Waals surface area contributed by atoms with Crippen LogP contribution in [0.1, 0.15) is 11.1 Å². The van der Waals surface area contributed by atoms with Crippen LogP contribution in [0.5, 0.6) is 0 Å². The first-order valence-corrected chi connectivity index (χ1v) is 6.25. The van der Waals surface area contributed by atoms with E-state index < -0.39 is 11.7 Å². The quantitative estimate of drug-likeness (QED) is 0.558. The maximum Gasteiger partial charge on any atom is 0.416 e. The minimum Gasteiger partial charge on any atom is -0.369 e. The van der Waals surface area contributed by atoms with Gasteiger partial charge in [0, 0.05) is 17.7 Å². The zero-order chi connectivity index (χ0) is 15.2. The van der Waals surface area contributed by atoms with Gasteiger partial charge in [0.2, 0.25) is 5.96 Å². The number of nitrogens with zero attached hydrogens (tertiary/aromatic N) is 2. The fourth-order valence-corrected chi connectivity index (χ4v) is 2.42. The summed E-state index contributed by atoms with van der Waals surface area (Å²) in [5.41, 5.74) is 6.29. The zero-order valence-electron chi connectivity index (χ0n) is 10.8. The molecule has 1 aliphatic rings. The van der Waals surface area contributed by atoms with Crippen LogP contribution in [0, 0.1) is 5.41 Å². The van der Waals surface area contributed by atoms with Gasteiger partial charge in [0.25, 0.3) is 0 Å². The average molecular weight is 295 g/mol. The molecule has 4 N–H and O–H groups in total. The summed E-state index contributed by atoms with van der Waals surface area (Å²) in [5.74, 6) is 0.300. The fourth-order valence-electron chi connectivity index (χ4n) is 2.42. The number of nitrogens with one attached hydrogen (secondary N) is 2. The van der Waals surface area contributed by atoms with E-state index in [1.165, 1.54) is 10.7 Å². The number of benzene rings is 1. The summed E-state index contributed by atoms with van der Waals surface area (Å²) in [6.07, 6.45) is -3.77. The monoisotopic (exact) mass is 295 g/mol. The Hall–Kier alpha value is -2.51. The summed E-state index contributed by atoms with van der Waals surface area (Å²) in [5, 5.41) is 14.7. The van der Waals surface area contributed by atoms with Gasteiger partial charge in [-0.2, -0.15) is 23.0 Å². The van der Waals surface area contributed by atoms with Crippen LogP contribution in [0.2, 0.25) is 0 Å². The molecule has 0 bridgehead atoms. The van der Waals surface area contributed by atoms with Crippen LogP contribution >= 0.6 is 0 Å². The first-order chi connectivity index (χ1) is 9.88. The lowest BCUT2D eigenvalue weighted by atomic mass is 10.0. The van der Waals surface area contributed by atoms with E-state index in [4.69, 9.17) is 11.1 Å². The highest BCUT2D eigenvalue weighted by Crippen LogP contribution is 2.36. The molecule has 2 heterocycles. The molecule has 1 aromatic heterocycles. The van der Waals surface area contributed by atoms with Gasteiger partial charge in [-0.3, -0.25) is 5.41 Å². The summed E-state index contributed by atoms with van der Waals surface area (Å²) in [4.78, 5) is 0. The molecular formula is C13H12F3N5. The molecule has 8 heteroatoms. The van der Waals surface area contributed by atoms with E-state index in [1.807, 2.05) is 0 Å². The largest absolute Gasteiger partial charge is 0.416 e. The Bertz CT molecular complexity index is 717. The number of fused-ring (bicyclic) bond motifs is 1. The van der Waals surface area contributed by atoms with Crippen LogP contribution in [-0.2, 0) is 12.6 Å². The summed E-state index contributed by atoms with van der Waals surface area (Å²) in [7, 11) is 0. The molecule has 0 radical (unpaired) electrons. The van der Waals surface area contributed by atoms with Crippen molar-refractivity contribution >= 4 is 11.8 Å². The van der Waals surface area contributed by atoms with Crippen molar-refractivity contribution in [2.75, 3.05) is 11.9 Å². The highest BCUT2D eigenvalue weighted by molar-refractivity contribution is 5.84. The molecule has 0 fully saturated rings. The van der Waals surface area contributed by atoms with E-state index in [0.717, 1.165) is 17.7 Å². The van der Waals surface area contributed by atoms with Crippen molar-refractivity contribution in [3.63, 3.8) is 0 Å². The van der Waals surface area contributed by atoms with Crippen molar-refractivity contribution in [3.05, 3.63) is 35.4 Å². The van der Waals surface area contributed by atoms with E-state index in [0.29, 0.717) is 30.0 Å². The number of nitrogen functional groups attached to an aromatic ring is 1. The maximum absolute atomic E-state index is 12.8. The standard InChI is InChI=1S/C13H12F3N5/c14-13(15,16)8-3-1-2-7(6-8)10-9-4-5-19-11(9)21(20-10)12(17)18/h1-3,6,19H,4-5H2,(H3,17,18). The molecule has 0 amide bonds. The van der Waals surface area contributed by atoms with Crippen molar-refractivity contribution < 1.29 is 13.2 Å². The van der Waals surface area contributed by atoms with Crippen LogP contribution in [0.4, 0.5) is 19.0 Å². The number of rotatable bonds is 1. The summed E-state index contributed by atoms with van der Waals surface area (Å²) < 4.78 is 39.6. The molecule has 21 heavy (non-hydrogen) atoms. The second-order valence-corrected chi connectivity index (χ2v) is 4.73. The number of halogens is 3. The number of nitrogens with two attached hydrogens (primary N) is 1. The molecule has 2 aromatic rings. The Morgan fingerprint density at radius 1 is 1.38 bits per heavy atom. The second kappa shape index (κ2) is 4.51. The van der Waals surface area contributed by atoms with Crippen molar-refractivity contribution in [1.82, 2.24) is 9.78 Å². The fraction of sp³-hybridized carbons (Fsp3) is 0.231. The van der Waals surface area contributed by atoms with Crippen LogP contribution in [0.25, 0.3) is 11.3 Å². The summed E-state index contributed by atoms with van der Waals surface area (Å²) in [6, 6.07) is 5.00. The number of alkyl halides is 3. The Morgan fingerprint density at radius 3 is 2.81 bits per heavy atom. The van der Waals surface area contributed by atoms with Crippen LogP contribution in [0.15, 0.2) is 24.3 Å². The van der Waals surface area contributed by atoms with E-state index >= 15 is 0 Å². The molecule has 1 aromatic carbocycles. The maximum atomic E-state index is 12.8. The number of hydrogen-bond donors (Lipinski definition) is 3. The second-order valence-electron chi connectivity index (χ2n) is 4.73. The Labute approximate surface area is 118 Å². The first-order valence-electron chi connectivity index (χ1n) is 6.25. The Kier molecular flexibility index (Phi) is 2.89. The molecule has 1 aliphatic heterocycles. The molecule has 0 unspecified atom stereocenters. The Morgan fingerprint density at radius 2 is 2.14 bits per heavy atom. The normalized spacial score (nSPS) is 13.9. The third kappa shape index (κ3) is 2.22. The molecule has 0 atom stereocenters. The van der Waals surface area contributed by atoms with Gasteiger partial charge in [-0.25, -0.2) is 0 Å². The van der Waals surface area contributed by atoms with E-state index in [1.54, 1.807) is 6.07 Å². The third-order valence-corrected chi connectivity index (χ3v) is 3.34. The predicted molar refractivity (Wildman–Crippen MR) is 72.2 cm³/mol. The molecule has 3 rings (SSSR count). The van der Waals surface area contributed by atoms with Gasteiger partial charge in [0.1, 0.15) is 5.82 Å². The van der Waals surface area contributed by atoms with Crippen LogP contribution < -0.4 is 11.1 Å². The number of anilines is 1. The first kappa shape index (κ1) is 13.5. The van der Waals surface area contributed by atoms with E-state index in [9.17, 15) is 13.2 Å². The van der Waals surface area contributed by atoms with Gasteiger partial charge in [0.15, 0.2) is 0 Å². The molecule has 5 nitrogen and oxygen atoms in total. The SMILES string of the molecule is N=C(N)n1nc(-c2cccc(C(F)(F)F)c2)c2c1NCC2. The van der Waals surface area contributed by atoms with Gasteiger partial charge in [-0.1, -0.05) is 12.1 Å². The van der Waals surface area contributed by atoms with Crippen molar-refractivity contribution in [1.29, 1.82) is 5.41 Å².